The van der Waals surface area contributed by atoms with E-state index in [1.54, 1.807) is 0 Å². The van der Waals surface area contributed by atoms with Gasteiger partial charge in [-0.3, -0.25) is 14.4 Å². The molecule has 0 saturated carbocycles. The maximum absolute atomic E-state index is 12.6. The van der Waals surface area contributed by atoms with Gasteiger partial charge in [-0.05, 0) is 31.1 Å². The van der Waals surface area contributed by atoms with Crippen molar-refractivity contribution in [2.45, 2.75) is 214 Å². The van der Waals surface area contributed by atoms with Crippen LogP contribution in [0.2, 0.25) is 0 Å². The number of rotatable bonds is 34. The summed E-state index contributed by atoms with van der Waals surface area (Å²) in [5.74, 6) is 0.692. The summed E-state index contributed by atoms with van der Waals surface area (Å²) in [6.07, 6.45) is 28.3. The summed E-state index contributed by atoms with van der Waals surface area (Å²) in [5.41, 5.74) is 0. The fourth-order valence-electron chi connectivity index (χ4n) is 5.69. The molecular weight excluding hydrogens is 576 g/mol. The highest BCUT2D eigenvalue weighted by Crippen LogP contribution is 2.15. The van der Waals surface area contributed by atoms with E-state index in [0.29, 0.717) is 19.3 Å². The lowest BCUT2D eigenvalue weighted by Gasteiger charge is -2.18. The summed E-state index contributed by atoms with van der Waals surface area (Å²) in [5, 5.41) is 0. The summed E-state index contributed by atoms with van der Waals surface area (Å²) in [6.45, 7) is 11.2. The van der Waals surface area contributed by atoms with Crippen LogP contribution >= 0.6 is 0 Å². The number of hydrogen-bond donors (Lipinski definition) is 0. The SMILES string of the molecule is CCCCCCCCCC(=O)OC[C@H](COC(=O)CCCCCCCCC(C)C)OC(=O)CCCCCCCCCCCC(C)C. The van der Waals surface area contributed by atoms with E-state index in [1.807, 2.05) is 0 Å². The Morgan fingerprint density at radius 3 is 1.07 bits per heavy atom. The van der Waals surface area contributed by atoms with Crippen molar-refractivity contribution >= 4 is 17.9 Å². The third-order valence-corrected chi connectivity index (χ3v) is 8.72. The molecular formula is C40H76O6. The highest BCUT2D eigenvalue weighted by molar-refractivity contribution is 5.71. The average molecular weight is 653 g/mol. The summed E-state index contributed by atoms with van der Waals surface area (Å²) < 4.78 is 16.5. The summed E-state index contributed by atoms with van der Waals surface area (Å²) in [4.78, 5) is 37.3. The van der Waals surface area contributed by atoms with Crippen molar-refractivity contribution in [2.75, 3.05) is 13.2 Å². The smallest absolute Gasteiger partial charge is 0.306 e. The predicted molar refractivity (Wildman–Crippen MR) is 192 cm³/mol. The lowest BCUT2D eigenvalue weighted by atomic mass is 10.0. The molecule has 0 aromatic rings. The number of hydrogen-bond acceptors (Lipinski definition) is 6. The summed E-state index contributed by atoms with van der Waals surface area (Å²) >= 11 is 0. The molecule has 0 bridgehead atoms. The Kier molecular flexibility index (Phi) is 32.2. The first kappa shape index (κ1) is 44.4. The molecule has 0 aliphatic heterocycles. The van der Waals surface area contributed by atoms with Crippen molar-refractivity contribution in [3.05, 3.63) is 0 Å². The van der Waals surface area contributed by atoms with Gasteiger partial charge in [-0.1, -0.05) is 169 Å². The van der Waals surface area contributed by atoms with Crippen LogP contribution in [0.5, 0.6) is 0 Å². The van der Waals surface area contributed by atoms with Gasteiger partial charge in [-0.15, -0.1) is 0 Å². The monoisotopic (exact) mass is 653 g/mol. The highest BCUT2D eigenvalue weighted by atomic mass is 16.6. The number of carbonyl (C=O) groups excluding carboxylic acids is 3. The van der Waals surface area contributed by atoms with Crippen molar-refractivity contribution in [3.63, 3.8) is 0 Å². The molecule has 0 spiro atoms. The molecule has 0 rings (SSSR count). The molecule has 0 unspecified atom stereocenters. The third kappa shape index (κ3) is 33.8. The molecule has 0 fully saturated rings. The lowest BCUT2D eigenvalue weighted by molar-refractivity contribution is -0.167. The van der Waals surface area contributed by atoms with E-state index in [1.165, 1.54) is 96.3 Å². The van der Waals surface area contributed by atoms with Crippen LogP contribution in [0.3, 0.4) is 0 Å². The molecule has 0 aromatic carbocycles. The molecule has 0 N–H and O–H groups in total. The zero-order chi connectivity index (χ0) is 34.1. The minimum absolute atomic E-state index is 0.0676. The van der Waals surface area contributed by atoms with Crippen LogP contribution in [0.25, 0.3) is 0 Å². The second-order valence-electron chi connectivity index (χ2n) is 14.5. The summed E-state index contributed by atoms with van der Waals surface area (Å²) in [6, 6.07) is 0. The molecule has 6 nitrogen and oxygen atoms in total. The molecule has 1 atom stereocenters. The van der Waals surface area contributed by atoms with Gasteiger partial charge in [0.1, 0.15) is 13.2 Å². The minimum Gasteiger partial charge on any atom is -0.462 e. The molecule has 6 heteroatoms. The topological polar surface area (TPSA) is 78.9 Å². The van der Waals surface area contributed by atoms with Crippen molar-refractivity contribution in [2.24, 2.45) is 11.8 Å². The highest BCUT2D eigenvalue weighted by Gasteiger charge is 2.19. The molecule has 0 aromatic heterocycles. The quantitative estimate of drug-likeness (QED) is 0.0391. The Bertz CT molecular complexity index is 704. The van der Waals surface area contributed by atoms with Crippen LogP contribution in [0.1, 0.15) is 208 Å². The Hall–Kier alpha value is -1.59. The van der Waals surface area contributed by atoms with E-state index in [0.717, 1.165) is 69.6 Å². The van der Waals surface area contributed by atoms with Gasteiger partial charge in [0.25, 0.3) is 0 Å². The van der Waals surface area contributed by atoms with Crippen LogP contribution in [-0.2, 0) is 28.6 Å². The van der Waals surface area contributed by atoms with Crippen molar-refractivity contribution < 1.29 is 28.6 Å². The van der Waals surface area contributed by atoms with Gasteiger partial charge in [-0.25, -0.2) is 0 Å². The molecule has 0 radical (unpaired) electrons. The zero-order valence-electron chi connectivity index (χ0n) is 31.2. The maximum Gasteiger partial charge on any atom is 0.306 e. The van der Waals surface area contributed by atoms with E-state index in [9.17, 15) is 14.4 Å². The Balaban J connectivity index is 4.34. The van der Waals surface area contributed by atoms with Gasteiger partial charge in [0.15, 0.2) is 6.10 Å². The van der Waals surface area contributed by atoms with Crippen LogP contribution in [-0.4, -0.2) is 37.2 Å². The first-order chi connectivity index (χ1) is 22.2. The van der Waals surface area contributed by atoms with Gasteiger partial charge in [0.2, 0.25) is 0 Å². The van der Waals surface area contributed by atoms with Gasteiger partial charge >= 0.3 is 17.9 Å². The van der Waals surface area contributed by atoms with Crippen molar-refractivity contribution in [3.8, 4) is 0 Å². The molecule has 0 heterocycles. The van der Waals surface area contributed by atoms with Crippen molar-refractivity contribution in [1.82, 2.24) is 0 Å². The van der Waals surface area contributed by atoms with Crippen LogP contribution < -0.4 is 0 Å². The zero-order valence-corrected chi connectivity index (χ0v) is 31.2. The first-order valence-electron chi connectivity index (χ1n) is 19.7. The van der Waals surface area contributed by atoms with E-state index in [4.69, 9.17) is 14.2 Å². The fourth-order valence-corrected chi connectivity index (χ4v) is 5.69. The van der Waals surface area contributed by atoms with E-state index >= 15 is 0 Å². The fraction of sp³-hybridized carbons (Fsp3) is 0.925. The Labute approximate surface area is 285 Å². The average Bonchev–Trinajstić information content (AvgIpc) is 3.01. The number of esters is 3. The molecule has 0 amide bonds. The normalized spacial score (nSPS) is 12.1. The summed E-state index contributed by atoms with van der Waals surface area (Å²) in [7, 11) is 0. The standard InChI is InChI=1S/C40H76O6/c1-6-7-8-9-13-20-25-30-38(41)44-33-37(34-45-39(42)31-26-21-17-16-19-24-29-36(4)5)46-40(43)32-27-22-15-12-10-11-14-18-23-28-35(2)3/h35-37H,6-34H2,1-5H3/t37-/m1/s1. The molecule has 0 aliphatic rings. The number of carbonyl (C=O) groups is 3. The van der Waals surface area contributed by atoms with Crippen molar-refractivity contribution in [1.29, 1.82) is 0 Å². The second kappa shape index (κ2) is 33.3. The lowest BCUT2D eigenvalue weighted by Crippen LogP contribution is -2.30. The molecule has 0 aliphatic carbocycles. The number of ether oxygens (including phenoxy) is 3. The third-order valence-electron chi connectivity index (χ3n) is 8.72. The largest absolute Gasteiger partial charge is 0.462 e. The van der Waals surface area contributed by atoms with Gasteiger partial charge in [-0.2, -0.15) is 0 Å². The Morgan fingerprint density at radius 2 is 0.717 bits per heavy atom. The second-order valence-corrected chi connectivity index (χ2v) is 14.5. The van der Waals surface area contributed by atoms with E-state index in [-0.39, 0.29) is 31.1 Å². The van der Waals surface area contributed by atoms with Crippen LogP contribution in [0, 0.1) is 11.8 Å². The first-order valence-corrected chi connectivity index (χ1v) is 19.7. The molecule has 272 valence electrons. The maximum atomic E-state index is 12.6. The van der Waals surface area contributed by atoms with E-state index < -0.39 is 6.10 Å². The van der Waals surface area contributed by atoms with Crippen LogP contribution in [0.15, 0.2) is 0 Å². The Morgan fingerprint density at radius 1 is 0.413 bits per heavy atom. The minimum atomic E-state index is -0.758. The van der Waals surface area contributed by atoms with Gasteiger partial charge in [0, 0.05) is 19.3 Å². The van der Waals surface area contributed by atoms with Gasteiger partial charge in [0.05, 0.1) is 0 Å². The molecule has 0 saturated heterocycles. The van der Waals surface area contributed by atoms with Gasteiger partial charge < -0.3 is 14.2 Å². The molecule has 46 heavy (non-hydrogen) atoms. The van der Waals surface area contributed by atoms with Crippen LogP contribution in [0.4, 0.5) is 0 Å². The number of unbranched alkanes of at least 4 members (excludes halogenated alkanes) is 19. The van der Waals surface area contributed by atoms with E-state index in [2.05, 4.69) is 34.6 Å². The predicted octanol–water partition coefficient (Wildman–Crippen LogP) is 11.8.